The number of carbonyl (C=O) groups is 3. The lowest BCUT2D eigenvalue weighted by Crippen LogP contribution is -2.62. The molecule has 3 heterocycles. The van der Waals surface area contributed by atoms with Crippen LogP contribution in [0.3, 0.4) is 0 Å². The number of H-pyrrole nitrogens is 1. The van der Waals surface area contributed by atoms with Crippen molar-refractivity contribution in [3.05, 3.63) is 99.6 Å². The van der Waals surface area contributed by atoms with Gasteiger partial charge in [-0.2, -0.15) is 0 Å². The Morgan fingerprint density at radius 3 is 2.38 bits per heavy atom. The number of rotatable bonds is 5. The number of likely N-dealkylation sites (tertiary alicyclic amines) is 1. The largest absolute Gasteiger partial charge is 0.360 e. The number of hydrogen-bond acceptors (Lipinski definition) is 4. The molecule has 2 atom stereocenters. The number of nitrogens with zero attached hydrogens (tertiary/aromatic N) is 3. The number of pyridine rings is 1. The Bertz CT molecular complexity index is 1630. The van der Waals surface area contributed by atoms with Crippen molar-refractivity contribution in [3.63, 3.8) is 0 Å². The molecule has 0 radical (unpaired) electrons. The Balaban J connectivity index is 1.34. The molecule has 4 amide bonds. The first-order valence-corrected chi connectivity index (χ1v) is 13.2. The third-order valence-corrected chi connectivity index (χ3v) is 7.34. The average Bonchev–Trinajstić information content (AvgIpc) is 3.33. The monoisotopic (exact) mass is 560 g/mol. The van der Waals surface area contributed by atoms with Crippen LogP contribution in [0.1, 0.15) is 27.1 Å². The van der Waals surface area contributed by atoms with Crippen LogP contribution in [0.4, 0.5) is 4.79 Å². The summed E-state index contributed by atoms with van der Waals surface area (Å²) in [5, 5.41) is 7.46. The van der Waals surface area contributed by atoms with Crippen LogP contribution in [-0.4, -0.2) is 76.5 Å². The minimum absolute atomic E-state index is 0.171. The molecule has 0 bridgehead atoms. The minimum Gasteiger partial charge on any atom is -0.360 e. The minimum atomic E-state index is -0.533. The number of halogens is 1. The molecular weight excluding hydrogens is 532 g/mol. The zero-order valence-corrected chi connectivity index (χ0v) is 22.8. The van der Waals surface area contributed by atoms with Gasteiger partial charge in [-0.15, -0.1) is 0 Å². The number of fused-ring (bicyclic) bond motifs is 1. The van der Waals surface area contributed by atoms with Crippen molar-refractivity contribution in [3.8, 4) is 5.69 Å². The highest BCUT2D eigenvalue weighted by molar-refractivity contribution is 6.35. The zero-order valence-electron chi connectivity index (χ0n) is 22.1. The van der Waals surface area contributed by atoms with Crippen LogP contribution in [0.5, 0.6) is 0 Å². The molecule has 1 aliphatic heterocycles. The molecule has 1 aliphatic rings. The molecule has 3 N–H and O–H groups in total. The molecule has 2 aromatic heterocycles. The second-order valence-electron chi connectivity index (χ2n) is 9.92. The summed E-state index contributed by atoms with van der Waals surface area (Å²) in [6.07, 6.45) is 3.79. The molecule has 10 nitrogen and oxygen atoms in total. The number of benzene rings is 2. The summed E-state index contributed by atoms with van der Waals surface area (Å²) in [4.78, 5) is 57.5. The van der Waals surface area contributed by atoms with Crippen LogP contribution in [0.25, 0.3) is 16.6 Å². The topological polar surface area (TPSA) is 120 Å². The summed E-state index contributed by atoms with van der Waals surface area (Å²) in [5.41, 5.74) is 2.05. The molecule has 0 saturated carbocycles. The summed E-state index contributed by atoms with van der Waals surface area (Å²) in [7, 11) is 3.35. The number of piperidine rings is 1. The normalized spacial score (nSPS) is 16.9. The van der Waals surface area contributed by atoms with Crippen molar-refractivity contribution in [2.45, 2.75) is 18.5 Å². The molecule has 206 valence electrons. The van der Waals surface area contributed by atoms with Gasteiger partial charge in [0.2, 0.25) is 0 Å². The van der Waals surface area contributed by atoms with E-state index in [4.69, 9.17) is 11.6 Å². The zero-order chi connectivity index (χ0) is 28.4. The van der Waals surface area contributed by atoms with Crippen molar-refractivity contribution in [2.24, 2.45) is 0 Å². The molecule has 11 heteroatoms. The van der Waals surface area contributed by atoms with Gasteiger partial charge in [-0.1, -0.05) is 23.7 Å². The van der Waals surface area contributed by atoms with Gasteiger partial charge in [-0.05, 0) is 48.9 Å². The summed E-state index contributed by atoms with van der Waals surface area (Å²) >= 11 is 6.16. The van der Waals surface area contributed by atoms with E-state index >= 15 is 0 Å². The van der Waals surface area contributed by atoms with E-state index in [-0.39, 0.29) is 29.9 Å². The number of amides is 4. The number of carbonyl (C=O) groups excluding carboxylic acids is 3. The van der Waals surface area contributed by atoms with Gasteiger partial charge in [0.25, 0.3) is 17.4 Å². The third kappa shape index (κ3) is 5.57. The number of aromatic amines is 1. The van der Waals surface area contributed by atoms with Crippen molar-refractivity contribution >= 4 is 40.3 Å². The fraction of sp³-hybridized carbons (Fsp3) is 0.241. The first-order chi connectivity index (χ1) is 19.2. The quantitative estimate of drug-likeness (QED) is 0.347. The lowest BCUT2D eigenvalue weighted by molar-refractivity contribution is 0.0816. The molecule has 1 fully saturated rings. The van der Waals surface area contributed by atoms with Gasteiger partial charge in [-0.25, -0.2) is 4.79 Å². The summed E-state index contributed by atoms with van der Waals surface area (Å²) < 4.78 is 1.48. The Labute approximate surface area is 235 Å². The predicted octanol–water partition coefficient (Wildman–Crippen LogP) is 3.26. The first-order valence-electron chi connectivity index (χ1n) is 12.8. The summed E-state index contributed by atoms with van der Waals surface area (Å²) in [6, 6.07) is 15.7. The number of nitrogens with one attached hydrogen (secondary N) is 3. The SMILES string of the molecule is CN(C)C(=O)N1CC[C@H](NC(=O)c2ccc3c(Cl)c[nH]c3c2)[C@H](NC(=O)c2ccc(-n3ccccc3=O)cc2)C1. The second kappa shape index (κ2) is 11.3. The van der Waals surface area contributed by atoms with Crippen LogP contribution in [-0.2, 0) is 0 Å². The third-order valence-electron chi connectivity index (χ3n) is 7.02. The van der Waals surface area contributed by atoms with Crippen molar-refractivity contribution in [1.29, 1.82) is 0 Å². The Hall–Kier alpha value is -4.57. The van der Waals surface area contributed by atoms with Gasteiger partial charge in [0, 0.05) is 73.4 Å². The Morgan fingerprint density at radius 1 is 0.950 bits per heavy atom. The maximum absolute atomic E-state index is 13.3. The van der Waals surface area contributed by atoms with E-state index < -0.39 is 12.1 Å². The maximum atomic E-state index is 13.3. The molecule has 0 aliphatic carbocycles. The van der Waals surface area contributed by atoms with Crippen molar-refractivity contribution in [2.75, 3.05) is 27.2 Å². The van der Waals surface area contributed by atoms with Crippen molar-refractivity contribution in [1.82, 2.24) is 30.0 Å². The van der Waals surface area contributed by atoms with Crippen LogP contribution in [0.15, 0.2) is 77.9 Å². The van der Waals surface area contributed by atoms with E-state index in [1.165, 1.54) is 15.5 Å². The van der Waals surface area contributed by atoms with Gasteiger partial charge < -0.3 is 25.4 Å². The van der Waals surface area contributed by atoms with E-state index in [9.17, 15) is 19.2 Å². The molecule has 1 saturated heterocycles. The first kappa shape index (κ1) is 27.0. The molecule has 0 unspecified atom stereocenters. The summed E-state index contributed by atoms with van der Waals surface area (Å²) in [6.45, 7) is 0.663. The van der Waals surface area contributed by atoms with E-state index in [0.29, 0.717) is 34.8 Å². The molecule has 5 rings (SSSR count). The lowest BCUT2D eigenvalue weighted by atomic mass is 9.98. The fourth-order valence-electron chi connectivity index (χ4n) is 4.88. The van der Waals surface area contributed by atoms with Crippen LogP contribution in [0, 0.1) is 0 Å². The van der Waals surface area contributed by atoms with Crippen LogP contribution >= 0.6 is 11.6 Å². The van der Waals surface area contributed by atoms with Gasteiger partial charge in [0.05, 0.1) is 17.1 Å². The maximum Gasteiger partial charge on any atom is 0.319 e. The highest BCUT2D eigenvalue weighted by atomic mass is 35.5. The van der Waals surface area contributed by atoms with Gasteiger partial charge >= 0.3 is 6.03 Å². The fourth-order valence-corrected chi connectivity index (χ4v) is 5.10. The Kier molecular flexibility index (Phi) is 7.61. The van der Waals surface area contributed by atoms with Gasteiger partial charge in [0.15, 0.2) is 0 Å². The van der Waals surface area contributed by atoms with E-state index in [1.807, 2.05) is 0 Å². The number of aromatic nitrogens is 2. The number of urea groups is 1. The molecule has 40 heavy (non-hydrogen) atoms. The Morgan fingerprint density at radius 2 is 1.65 bits per heavy atom. The highest BCUT2D eigenvalue weighted by Gasteiger charge is 2.34. The molecular formula is C29H29ClN6O4. The second-order valence-corrected chi connectivity index (χ2v) is 10.3. The predicted molar refractivity (Wildman–Crippen MR) is 153 cm³/mol. The van der Waals surface area contributed by atoms with E-state index in [2.05, 4.69) is 15.6 Å². The molecule has 2 aromatic carbocycles. The average molecular weight is 561 g/mol. The van der Waals surface area contributed by atoms with Gasteiger partial charge in [-0.3, -0.25) is 19.0 Å². The highest BCUT2D eigenvalue weighted by Crippen LogP contribution is 2.24. The van der Waals surface area contributed by atoms with Crippen LogP contribution in [0.2, 0.25) is 5.02 Å². The lowest BCUT2D eigenvalue weighted by Gasteiger charge is -2.40. The molecule has 4 aromatic rings. The van der Waals surface area contributed by atoms with Gasteiger partial charge in [0.1, 0.15) is 0 Å². The smallest absolute Gasteiger partial charge is 0.319 e. The number of hydrogen-bond donors (Lipinski definition) is 3. The summed E-state index contributed by atoms with van der Waals surface area (Å²) in [5.74, 6) is -0.639. The van der Waals surface area contributed by atoms with Crippen LogP contribution < -0.4 is 16.2 Å². The molecule has 0 spiro atoms. The van der Waals surface area contributed by atoms with E-state index in [0.717, 1.165) is 10.9 Å². The van der Waals surface area contributed by atoms with Crippen molar-refractivity contribution < 1.29 is 14.4 Å². The van der Waals surface area contributed by atoms with E-state index in [1.54, 1.807) is 86.0 Å². The standard InChI is InChI=1S/C29H29ClN6O4/c1-34(2)29(40)35-14-12-23(32-28(39)19-8-11-21-22(30)16-31-24(21)15-19)25(17-35)33-27(38)18-6-9-20(10-7-18)36-13-4-3-5-26(36)37/h3-11,13,15-16,23,25,31H,12,14,17H2,1-2H3,(H,32,39)(H,33,38)/t23-,25+/m0/s1.